The number of carbonyl (C=O) groups is 1. The van der Waals surface area contributed by atoms with Crippen LogP contribution in [0.4, 0.5) is 0 Å². The second-order valence-electron chi connectivity index (χ2n) is 7.41. The number of benzene rings is 2. The molecule has 0 spiro atoms. The second-order valence-corrected chi connectivity index (χ2v) is 7.41. The average Bonchev–Trinajstić information content (AvgIpc) is 3.13. The van der Waals surface area contributed by atoms with Crippen LogP contribution in [0, 0.1) is 0 Å². The number of carbonyl (C=O) groups excluding carboxylic acids is 1. The lowest BCUT2D eigenvalue weighted by atomic mass is 10.0. The van der Waals surface area contributed by atoms with Crippen LogP contribution in [0.5, 0.6) is 0 Å². The van der Waals surface area contributed by atoms with E-state index < -0.39 is 0 Å². The molecule has 0 bridgehead atoms. The normalized spacial score (nSPS) is 15.5. The molecule has 1 aliphatic heterocycles. The molecule has 3 aromatic rings. The van der Waals surface area contributed by atoms with E-state index in [1.54, 1.807) is 4.68 Å². The van der Waals surface area contributed by atoms with E-state index in [0.29, 0.717) is 5.69 Å². The molecule has 5 heteroatoms. The first kappa shape index (κ1) is 18.4. The first-order valence-electron chi connectivity index (χ1n) is 9.85. The van der Waals surface area contributed by atoms with Gasteiger partial charge in [-0.2, -0.15) is 5.10 Å². The molecule has 1 saturated heterocycles. The van der Waals surface area contributed by atoms with Gasteiger partial charge in [-0.25, -0.2) is 0 Å². The van der Waals surface area contributed by atoms with Crippen LogP contribution in [0.25, 0.3) is 11.3 Å². The van der Waals surface area contributed by atoms with Gasteiger partial charge in [-0.1, -0.05) is 60.7 Å². The van der Waals surface area contributed by atoms with Crippen molar-refractivity contribution in [3.05, 3.63) is 78.0 Å². The zero-order valence-electron chi connectivity index (χ0n) is 16.2. The van der Waals surface area contributed by atoms with Crippen molar-refractivity contribution in [1.29, 1.82) is 0 Å². The molecule has 0 aliphatic carbocycles. The molecule has 1 aromatic heterocycles. The van der Waals surface area contributed by atoms with Crippen molar-refractivity contribution in [2.24, 2.45) is 7.05 Å². The number of aromatic nitrogens is 2. The van der Waals surface area contributed by atoms with Crippen molar-refractivity contribution < 1.29 is 4.79 Å². The highest BCUT2D eigenvalue weighted by Crippen LogP contribution is 2.19. The zero-order chi connectivity index (χ0) is 19.3. The van der Waals surface area contributed by atoms with Gasteiger partial charge in [0.2, 0.25) is 0 Å². The van der Waals surface area contributed by atoms with Crippen LogP contribution >= 0.6 is 0 Å². The molecule has 1 N–H and O–H groups in total. The van der Waals surface area contributed by atoms with E-state index in [2.05, 4.69) is 39.6 Å². The van der Waals surface area contributed by atoms with Gasteiger partial charge in [-0.15, -0.1) is 0 Å². The van der Waals surface area contributed by atoms with Gasteiger partial charge in [-0.05, 0) is 24.5 Å². The van der Waals surface area contributed by atoms with Crippen LogP contribution in [0.1, 0.15) is 28.9 Å². The summed E-state index contributed by atoms with van der Waals surface area (Å²) >= 11 is 0. The Balaban J connectivity index is 1.33. The summed E-state index contributed by atoms with van der Waals surface area (Å²) in [6.07, 6.45) is 1.95. The Morgan fingerprint density at radius 1 is 1.04 bits per heavy atom. The first-order chi connectivity index (χ1) is 13.7. The summed E-state index contributed by atoms with van der Waals surface area (Å²) in [6.45, 7) is 2.98. The maximum atomic E-state index is 12.8. The third kappa shape index (κ3) is 4.31. The van der Waals surface area contributed by atoms with E-state index >= 15 is 0 Å². The largest absolute Gasteiger partial charge is 0.348 e. The van der Waals surface area contributed by atoms with Gasteiger partial charge < -0.3 is 5.32 Å². The number of rotatable bonds is 5. The van der Waals surface area contributed by atoms with Gasteiger partial charge in [0.05, 0.1) is 5.69 Å². The summed E-state index contributed by atoms with van der Waals surface area (Å²) in [4.78, 5) is 15.2. The summed E-state index contributed by atoms with van der Waals surface area (Å²) in [6, 6.07) is 22.6. The molecule has 28 heavy (non-hydrogen) atoms. The highest BCUT2D eigenvalue weighted by atomic mass is 16.2. The lowest BCUT2D eigenvalue weighted by Gasteiger charge is -2.32. The maximum Gasteiger partial charge on any atom is 0.269 e. The van der Waals surface area contributed by atoms with Crippen LogP contribution in [0.15, 0.2) is 66.7 Å². The van der Waals surface area contributed by atoms with Gasteiger partial charge in [0.15, 0.2) is 0 Å². The topological polar surface area (TPSA) is 50.2 Å². The van der Waals surface area contributed by atoms with Crippen molar-refractivity contribution in [2.45, 2.75) is 25.4 Å². The molecular formula is C23H26N4O. The summed E-state index contributed by atoms with van der Waals surface area (Å²) in [5.41, 5.74) is 3.79. The van der Waals surface area contributed by atoms with Crippen LogP contribution in [-0.2, 0) is 13.6 Å². The predicted molar refractivity (Wildman–Crippen MR) is 111 cm³/mol. The fourth-order valence-electron chi connectivity index (χ4n) is 3.77. The van der Waals surface area contributed by atoms with Crippen molar-refractivity contribution in [3.8, 4) is 11.3 Å². The molecular weight excluding hydrogens is 348 g/mol. The van der Waals surface area contributed by atoms with E-state index in [1.807, 2.05) is 49.5 Å². The number of likely N-dealkylation sites (tertiary alicyclic amines) is 1. The lowest BCUT2D eigenvalue weighted by molar-refractivity contribution is 0.0899. The number of amides is 1. The quantitative estimate of drug-likeness (QED) is 0.744. The Morgan fingerprint density at radius 2 is 1.68 bits per heavy atom. The minimum absolute atomic E-state index is 0.0429. The van der Waals surface area contributed by atoms with Crippen LogP contribution < -0.4 is 5.32 Å². The smallest absolute Gasteiger partial charge is 0.269 e. The number of nitrogens with zero attached hydrogens (tertiary/aromatic N) is 3. The molecule has 0 atom stereocenters. The van der Waals surface area contributed by atoms with Gasteiger partial charge in [0.25, 0.3) is 5.91 Å². The number of nitrogens with one attached hydrogen (secondary N) is 1. The van der Waals surface area contributed by atoms with Crippen LogP contribution in [0.3, 0.4) is 0 Å². The average molecular weight is 374 g/mol. The van der Waals surface area contributed by atoms with Crippen LogP contribution in [-0.4, -0.2) is 39.7 Å². The fourth-order valence-corrected chi connectivity index (χ4v) is 3.77. The van der Waals surface area contributed by atoms with Crippen molar-refractivity contribution >= 4 is 5.91 Å². The molecule has 1 aliphatic rings. The third-order valence-corrected chi connectivity index (χ3v) is 5.35. The van der Waals surface area contributed by atoms with Crippen molar-refractivity contribution in [2.75, 3.05) is 13.1 Å². The Labute approximate surface area is 166 Å². The van der Waals surface area contributed by atoms with Gasteiger partial charge in [0.1, 0.15) is 5.69 Å². The van der Waals surface area contributed by atoms with E-state index in [4.69, 9.17) is 0 Å². The number of aryl methyl sites for hydroxylation is 1. The first-order valence-corrected chi connectivity index (χ1v) is 9.85. The van der Waals surface area contributed by atoms with Gasteiger partial charge in [-0.3, -0.25) is 14.4 Å². The van der Waals surface area contributed by atoms with E-state index in [9.17, 15) is 4.79 Å². The van der Waals surface area contributed by atoms with Gasteiger partial charge >= 0.3 is 0 Å². The Morgan fingerprint density at radius 3 is 2.36 bits per heavy atom. The van der Waals surface area contributed by atoms with Gasteiger partial charge in [0, 0.05) is 38.3 Å². The molecule has 5 nitrogen and oxygen atoms in total. The Bertz CT molecular complexity index is 912. The third-order valence-electron chi connectivity index (χ3n) is 5.35. The summed E-state index contributed by atoms with van der Waals surface area (Å²) < 4.78 is 1.67. The minimum atomic E-state index is -0.0429. The summed E-state index contributed by atoms with van der Waals surface area (Å²) in [5.74, 6) is -0.0429. The lowest BCUT2D eigenvalue weighted by Crippen LogP contribution is -2.44. The van der Waals surface area contributed by atoms with E-state index in [-0.39, 0.29) is 11.9 Å². The zero-order valence-corrected chi connectivity index (χ0v) is 16.2. The second kappa shape index (κ2) is 8.40. The summed E-state index contributed by atoms with van der Waals surface area (Å²) in [7, 11) is 1.82. The Kier molecular flexibility index (Phi) is 5.53. The predicted octanol–water partition coefficient (Wildman–Crippen LogP) is 3.48. The number of piperidine rings is 1. The maximum absolute atomic E-state index is 12.8. The molecule has 0 radical (unpaired) electrons. The number of hydrogen-bond acceptors (Lipinski definition) is 3. The van der Waals surface area contributed by atoms with E-state index in [1.165, 1.54) is 5.56 Å². The highest BCUT2D eigenvalue weighted by Gasteiger charge is 2.23. The van der Waals surface area contributed by atoms with Crippen LogP contribution in [0.2, 0.25) is 0 Å². The van der Waals surface area contributed by atoms with Crippen molar-refractivity contribution in [1.82, 2.24) is 20.0 Å². The molecule has 0 unspecified atom stereocenters. The molecule has 1 fully saturated rings. The van der Waals surface area contributed by atoms with Crippen molar-refractivity contribution in [3.63, 3.8) is 0 Å². The molecule has 2 aromatic carbocycles. The fraction of sp³-hybridized carbons (Fsp3) is 0.304. The number of hydrogen-bond donors (Lipinski definition) is 1. The standard InChI is InChI=1S/C23H26N4O/c1-26-22(16-21(25-26)19-10-6-3-7-11-19)23(28)24-20-12-14-27(15-13-20)17-18-8-4-2-5-9-18/h2-11,16,20H,12-15,17H2,1H3,(H,24,28). The van der Waals surface area contributed by atoms with E-state index in [0.717, 1.165) is 43.7 Å². The minimum Gasteiger partial charge on any atom is -0.348 e. The molecule has 0 saturated carbocycles. The monoisotopic (exact) mass is 374 g/mol. The summed E-state index contributed by atoms with van der Waals surface area (Å²) in [5, 5.41) is 7.70. The molecule has 2 heterocycles. The molecule has 1 amide bonds. The SMILES string of the molecule is Cn1nc(-c2ccccc2)cc1C(=O)NC1CCN(Cc2ccccc2)CC1. The highest BCUT2D eigenvalue weighted by molar-refractivity contribution is 5.93. The molecule has 144 valence electrons. The Hall–Kier alpha value is -2.92. The molecule has 4 rings (SSSR count).